The molecule has 2 aromatic rings. The van der Waals surface area contributed by atoms with Crippen molar-refractivity contribution in [3.05, 3.63) is 60.2 Å². The minimum absolute atomic E-state index is 0.0443. The number of hydrogen-bond donors (Lipinski definition) is 1. The minimum Gasteiger partial charge on any atom is -0.457 e. The van der Waals surface area contributed by atoms with E-state index < -0.39 is 0 Å². The van der Waals surface area contributed by atoms with Gasteiger partial charge in [0.15, 0.2) is 5.17 Å². The third kappa shape index (κ3) is 3.95. The number of hydrogen-bond acceptors (Lipinski definition) is 5. The molecule has 1 aliphatic heterocycles. The molecular formula is C16H13N3O2S. The van der Waals surface area contributed by atoms with Gasteiger partial charge in [-0.25, -0.2) is 0 Å². The van der Waals surface area contributed by atoms with Crippen molar-refractivity contribution in [3.63, 3.8) is 0 Å². The Kier molecular flexibility index (Phi) is 4.50. The Hall–Kier alpha value is -2.60. The van der Waals surface area contributed by atoms with Crippen molar-refractivity contribution < 1.29 is 9.53 Å². The SMILES string of the molecule is O=C1CSC(=NN=Cc2cccc(Oc3ccccc3)c2)N1. The zero-order chi connectivity index (χ0) is 15.2. The highest BCUT2D eigenvalue weighted by molar-refractivity contribution is 8.15. The van der Waals surface area contributed by atoms with Gasteiger partial charge in [0.2, 0.25) is 5.91 Å². The molecule has 0 radical (unpaired) electrons. The Balaban J connectivity index is 1.67. The second-order valence-electron chi connectivity index (χ2n) is 4.47. The molecule has 3 rings (SSSR count). The molecule has 1 amide bonds. The van der Waals surface area contributed by atoms with E-state index in [9.17, 15) is 4.79 Å². The molecule has 0 aromatic heterocycles. The highest BCUT2D eigenvalue weighted by atomic mass is 32.2. The van der Waals surface area contributed by atoms with Gasteiger partial charge in [-0.3, -0.25) is 4.79 Å². The highest BCUT2D eigenvalue weighted by Gasteiger charge is 2.15. The van der Waals surface area contributed by atoms with Gasteiger partial charge in [-0.2, -0.15) is 5.10 Å². The number of benzene rings is 2. The third-order valence-corrected chi connectivity index (χ3v) is 3.64. The van der Waals surface area contributed by atoms with Gasteiger partial charge in [-0.05, 0) is 29.8 Å². The fourth-order valence-electron chi connectivity index (χ4n) is 1.81. The Morgan fingerprint density at radius 2 is 1.91 bits per heavy atom. The van der Waals surface area contributed by atoms with Crippen LogP contribution >= 0.6 is 11.8 Å². The van der Waals surface area contributed by atoms with Gasteiger partial charge in [0, 0.05) is 0 Å². The van der Waals surface area contributed by atoms with Gasteiger partial charge >= 0.3 is 0 Å². The van der Waals surface area contributed by atoms with Crippen molar-refractivity contribution in [1.82, 2.24) is 5.32 Å². The molecule has 0 unspecified atom stereocenters. The first-order valence-electron chi connectivity index (χ1n) is 6.66. The van der Waals surface area contributed by atoms with Crippen LogP contribution in [0.25, 0.3) is 0 Å². The van der Waals surface area contributed by atoms with E-state index in [4.69, 9.17) is 4.74 Å². The summed E-state index contributed by atoms with van der Waals surface area (Å²) >= 11 is 1.34. The molecule has 1 N–H and O–H groups in total. The number of rotatable bonds is 4. The van der Waals surface area contributed by atoms with Crippen LogP contribution in [0.1, 0.15) is 5.56 Å². The molecule has 1 heterocycles. The summed E-state index contributed by atoms with van der Waals surface area (Å²) < 4.78 is 5.75. The molecule has 1 aliphatic rings. The van der Waals surface area contributed by atoms with Crippen molar-refractivity contribution in [2.24, 2.45) is 10.2 Å². The maximum Gasteiger partial charge on any atom is 0.236 e. The van der Waals surface area contributed by atoms with Gasteiger partial charge in [0.05, 0.1) is 12.0 Å². The monoisotopic (exact) mass is 311 g/mol. The van der Waals surface area contributed by atoms with Crippen molar-refractivity contribution in [2.45, 2.75) is 0 Å². The first kappa shape index (κ1) is 14.3. The normalized spacial score (nSPS) is 16.2. The summed E-state index contributed by atoms with van der Waals surface area (Å²) in [4.78, 5) is 11.0. The number of amides is 1. The van der Waals surface area contributed by atoms with Gasteiger partial charge in [0.25, 0.3) is 0 Å². The number of amidine groups is 1. The first-order valence-corrected chi connectivity index (χ1v) is 7.65. The summed E-state index contributed by atoms with van der Waals surface area (Å²) in [6, 6.07) is 17.1. The second-order valence-corrected chi connectivity index (χ2v) is 5.44. The van der Waals surface area contributed by atoms with E-state index in [1.807, 2.05) is 54.6 Å². The average molecular weight is 311 g/mol. The van der Waals surface area contributed by atoms with E-state index in [0.29, 0.717) is 10.9 Å². The van der Waals surface area contributed by atoms with E-state index >= 15 is 0 Å². The number of para-hydroxylation sites is 1. The minimum atomic E-state index is -0.0443. The lowest BCUT2D eigenvalue weighted by Crippen LogP contribution is -2.19. The Morgan fingerprint density at radius 1 is 1.09 bits per heavy atom. The second kappa shape index (κ2) is 6.91. The molecule has 2 aromatic carbocycles. The van der Waals surface area contributed by atoms with Gasteiger partial charge in [-0.15, -0.1) is 5.10 Å². The number of nitrogens with zero attached hydrogens (tertiary/aromatic N) is 2. The van der Waals surface area contributed by atoms with E-state index in [2.05, 4.69) is 15.5 Å². The molecule has 0 bridgehead atoms. The van der Waals surface area contributed by atoms with Crippen LogP contribution in [0.4, 0.5) is 0 Å². The van der Waals surface area contributed by atoms with Crippen LogP contribution in [0, 0.1) is 0 Å². The molecule has 22 heavy (non-hydrogen) atoms. The molecule has 1 saturated heterocycles. The van der Waals surface area contributed by atoms with E-state index in [-0.39, 0.29) is 5.91 Å². The van der Waals surface area contributed by atoms with Crippen LogP contribution in [-0.4, -0.2) is 23.0 Å². The van der Waals surface area contributed by atoms with Crippen LogP contribution < -0.4 is 10.1 Å². The number of thioether (sulfide) groups is 1. The molecule has 110 valence electrons. The molecule has 5 nitrogen and oxygen atoms in total. The van der Waals surface area contributed by atoms with Crippen molar-refractivity contribution in [3.8, 4) is 11.5 Å². The first-order chi connectivity index (χ1) is 10.8. The standard InChI is InChI=1S/C16H13N3O2S/c20-15-11-22-16(18-15)19-17-10-12-5-4-8-14(9-12)21-13-6-2-1-3-7-13/h1-10H,11H2,(H,18,19,20). The molecule has 0 spiro atoms. The summed E-state index contributed by atoms with van der Waals surface area (Å²) in [6.45, 7) is 0. The third-order valence-electron chi connectivity index (χ3n) is 2.78. The van der Waals surface area contributed by atoms with Crippen LogP contribution in [-0.2, 0) is 4.79 Å². The lowest BCUT2D eigenvalue weighted by molar-refractivity contribution is -0.116. The summed E-state index contributed by atoms with van der Waals surface area (Å²) in [7, 11) is 0. The summed E-state index contributed by atoms with van der Waals surface area (Å²) in [5.41, 5.74) is 0.868. The molecular weight excluding hydrogens is 298 g/mol. The Morgan fingerprint density at radius 3 is 2.68 bits per heavy atom. The summed E-state index contributed by atoms with van der Waals surface area (Å²) in [6.07, 6.45) is 1.62. The van der Waals surface area contributed by atoms with Crippen molar-refractivity contribution >= 4 is 29.1 Å². The number of carbonyl (C=O) groups excluding carboxylic acids is 1. The van der Waals surface area contributed by atoms with Gasteiger partial charge < -0.3 is 10.1 Å². The van der Waals surface area contributed by atoms with Gasteiger partial charge in [0.1, 0.15) is 11.5 Å². The zero-order valence-corrected chi connectivity index (χ0v) is 12.4. The maximum atomic E-state index is 11.0. The molecule has 0 atom stereocenters. The predicted molar refractivity (Wildman–Crippen MR) is 88.6 cm³/mol. The maximum absolute atomic E-state index is 11.0. The number of ether oxygens (including phenoxy) is 1. The fourth-order valence-corrected chi connectivity index (χ4v) is 2.44. The zero-order valence-electron chi connectivity index (χ0n) is 11.6. The van der Waals surface area contributed by atoms with Crippen LogP contribution in [0.5, 0.6) is 11.5 Å². The smallest absolute Gasteiger partial charge is 0.236 e. The predicted octanol–water partition coefficient (Wildman–Crippen LogP) is 3.03. The summed E-state index contributed by atoms with van der Waals surface area (Å²) in [5.74, 6) is 1.86. The molecule has 0 aliphatic carbocycles. The lowest BCUT2D eigenvalue weighted by Gasteiger charge is -2.05. The lowest BCUT2D eigenvalue weighted by atomic mass is 10.2. The summed E-state index contributed by atoms with van der Waals surface area (Å²) in [5, 5.41) is 11.1. The highest BCUT2D eigenvalue weighted by Crippen LogP contribution is 2.21. The molecule has 6 heteroatoms. The van der Waals surface area contributed by atoms with Crippen LogP contribution in [0.15, 0.2) is 64.8 Å². The van der Waals surface area contributed by atoms with Crippen LogP contribution in [0.2, 0.25) is 0 Å². The van der Waals surface area contributed by atoms with Crippen LogP contribution in [0.3, 0.4) is 0 Å². The Bertz CT molecular complexity index is 729. The van der Waals surface area contributed by atoms with E-state index in [1.54, 1.807) is 6.21 Å². The van der Waals surface area contributed by atoms with E-state index in [1.165, 1.54) is 11.8 Å². The number of nitrogens with one attached hydrogen (secondary N) is 1. The van der Waals surface area contributed by atoms with Crippen molar-refractivity contribution in [2.75, 3.05) is 5.75 Å². The van der Waals surface area contributed by atoms with Gasteiger partial charge in [-0.1, -0.05) is 42.1 Å². The Labute approximate surface area is 132 Å². The topological polar surface area (TPSA) is 63.0 Å². The number of carbonyl (C=O) groups is 1. The van der Waals surface area contributed by atoms with E-state index in [0.717, 1.165) is 17.1 Å². The average Bonchev–Trinajstić information content (AvgIpc) is 2.94. The largest absolute Gasteiger partial charge is 0.457 e. The quantitative estimate of drug-likeness (QED) is 0.697. The fraction of sp³-hybridized carbons (Fsp3) is 0.0625. The van der Waals surface area contributed by atoms with Crippen molar-refractivity contribution in [1.29, 1.82) is 0 Å². The molecule has 0 saturated carbocycles. The molecule has 1 fully saturated rings.